The van der Waals surface area contributed by atoms with Crippen LogP contribution in [0.4, 0.5) is 5.95 Å². The van der Waals surface area contributed by atoms with Gasteiger partial charge in [0.25, 0.3) is 0 Å². The summed E-state index contributed by atoms with van der Waals surface area (Å²) in [5.41, 5.74) is 5.04. The molecule has 6 heteroatoms. The summed E-state index contributed by atoms with van der Waals surface area (Å²) in [5.74, 6) is 0.143. The molecule has 0 aromatic carbocycles. The molecule has 1 heterocycles. The molecule has 1 unspecified atom stereocenters. The van der Waals surface area contributed by atoms with Gasteiger partial charge in [-0.1, -0.05) is 0 Å². The van der Waals surface area contributed by atoms with Crippen molar-refractivity contribution < 1.29 is 4.79 Å². The normalized spacial score (nSPS) is 12.1. The van der Waals surface area contributed by atoms with Crippen molar-refractivity contribution in [1.29, 1.82) is 0 Å². The van der Waals surface area contributed by atoms with Gasteiger partial charge in [0.15, 0.2) is 0 Å². The van der Waals surface area contributed by atoms with Crippen molar-refractivity contribution in [2.24, 2.45) is 5.73 Å². The fourth-order valence-corrected chi connectivity index (χ4v) is 1.16. The van der Waals surface area contributed by atoms with Gasteiger partial charge in [-0.15, -0.1) is 0 Å². The molecule has 1 rings (SSSR count). The molecule has 0 saturated carbocycles. The average molecular weight is 259 g/mol. The minimum atomic E-state index is -0.345. The summed E-state index contributed by atoms with van der Waals surface area (Å²) in [5, 5.41) is 2.96. The molecular weight excluding hydrogens is 248 g/mol. The Morgan fingerprint density at radius 1 is 1.64 bits per heavy atom. The highest BCUT2D eigenvalue weighted by atomic mass is 79.9. The van der Waals surface area contributed by atoms with Crippen LogP contribution in [0.15, 0.2) is 16.9 Å². The molecule has 0 bridgehead atoms. The van der Waals surface area contributed by atoms with E-state index in [-0.39, 0.29) is 18.4 Å². The van der Waals surface area contributed by atoms with E-state index < -0.39 is 0 Å². The number of amides is 1. The van der Waals surface area contributed by atoms with Crippen LogP contribution >= 0.6 is 15.9 Å². The highest BCUT2D eigenvalue weighted by molar-refractivity contribution is 9.10. The second-order valence-electron chi connectivity index (χ2n) is 2.94. The Bertz CT molecular complexity index is 314. The van der Waals surface area contributed by atoms with Gasteiger partial charge in [-0.3, -0.25) is 4.79 Å². The van der Waals surface area contributed by atoms with Crippen LogP contribution in [-0.2, 0) is 4.79 Å². The summed E-state index contributed by atoms with van der Waals surface area (Å²) >= 11 is 3.23. The number of halogens is 1. The fraction of sp³-hybridized carbons (Fsp3) is 0.375. The quantitative estimate of drug-likeness (QED) is 0.842. The van der Waals surface area contributed by atoms with Crippen molar-refractivity contribution in [2.45, 2.75) is 19.4 Å². The van der Waals surface area contributed by atoms with E-state index >= 15 is 0 Å². The molecule has 0 aliphatic carbocycles. The Morgan fingerprint density at radius 2 is 2.21 bits per heavy atom. The maximum Gasteiger partial charge on any atom is 0.222 e. The lowest BCUT2D eigenvalue weighted by Crippen LogP contribution is -2.24. The molecule has 0 saturated heterocycles. The van der Waals surface area contributed by atoms with Crippen LogP contribution < -0.4 is 11.1 Å². The van der Waals surface area contributed by atoms with Crippen LogP contribution in [0.3, 0.4) is 0 Å². The van der Waals surface area contributed by atoms with E-state index in [1.54, 1.807) is 12.4 Å². The zero-order chi connectivity index (χ0) is 10.6. The standard InChI is InChI=1S/C8H11BrN4O/c1-5(2-7(10)14)13-8-11-3-6(9)4-12-8/h3-5H,2H2,1H3,(H2,10,14)(H,11,12,13). The molecule has 0 radical (unpaired) electrons. The number of nitrogens with one attached hydrogen (secondary N) is 1. The van der Waals surface area contributed by atoms with E-state index in [9.17, 15) is 4.79 Å². The first-order chi connectivity index (χ1) is 6.58. The van der Waals surface area contributed by atoms with Crippen molar-refractivity contribution in [3.8, 4) is 0 Å². The first-order valence-electron chi connectivity index (χ1n) is 4.10. The van der Waals surface area contributed by atoms with E-state index in [2.05, 4.69) is 31.2 Å². The van der Waals surface area contributed by atoms with Gasteiger partial charge in [0, 0.05) is 24.9 Å². The minimum absolute atomic E-state index is 0.0614. The van der Waals surface area contributed by atoms with Crippen LogP contribution in [0.25, 0.3) is 0 Å². The van der Waals surface area contributed by atoms with Crippen LogP contribution in [-0.4, -0.2) is 21.9 Å². The first-order valence-corrected chi connectivity index (χ1v) is 4.89. The van der Waals surface area contributed by atoms with Gasteiger partial charge in [0.05, 0.1) is 4.47 Å². The Labute approximate surface area is 90.2 Å². The number of nitrogens with two attached hydrogens (primary N) is 1. The number of nitrogens with zero attached hydrogens (tertiary/aromatic N) is 2. The maximum absolute atomic E-state index is 10.6. The lowest BCUT2D eigenvalue weighted by atomic mass is 10.2. The third kappa shape index (κ3) is 3.69. The van der Waals surface area contributed by atoms with Crippen molar-refractivity contribution in [2.75, 3.05) is 5.32 Å². The first kappa shape index (κ1) is 10.9. The Kier molecular flexibility index (Phi) is 3.82. The molecule has 0 aliphatic heterocycles. The number of hydrogen-bond donors (Lipinski definition) is 2. The molecule has 0 spiro atoms. The van der Waals surface area contributed by atoms with Gasteiger partial charge in [-0.2, -0.15) is 0 Å². The van der Waals surface area contributed by atoms with E-state index in [0.717, 1.165) is 4.47 Å². The highest BCUT2D eigenvalue weighted by Gasteiger charge is 2.06. The number of carbonyl (C=O) groups excluding carboxylic acids is 1. The van der Waals surface area contributed by atoms with Gasteiger partial charge in [-0.25, -0.2) is 9.97 Å². The molecular formula is C8H11BrN4O. The maximum atomic E-state index is 10.6. The predicted molar refractivity (Wildman–Crippen MR) is 56.6 cm³/mol. The number of aromatic nitrogens is 2. The summed E-state index contributed by atoms with van der Waals surface area (Å²) in [6, 6.07) is -0.0614. The molecule has 1 aromatic rings. The topological polar surface area (TPSA) is 80.9 Å². The van der Waals surface area contributed by atoms with Crippen molar-refractivity contribution in [3.63, 3.8) is 0 Å². The Hall–Kier alpha value is -1.17. The summed E-state index contributed by atoms with van der Waals surface area (Å²) in [7, 11) is 0. The molecule has 1 atom stereocenters. The highest BCUT2D eigenvalue weighted by Crippen LogP contribution is 2.08. The average Bonchev–Trinajstić information content (AvgIpc) is 2.07. The molecule has 0 fully saturated rings. The number of carbonyl (C=O) groups is 1. The molecule has 1 amide bonds. The minimum Gasteiger partial charge on any atom is -0.370 e. The van der Waals surface area contributed by atoms with Crippen LogP contribution in [0.5, 0.6) is 0 Å². The number of anilines is 1. The predicted octanol–water partition coefficient (Wildman–Crippen LogP) is 0.915. The monoisotopic (exact) mass is 258 g/mol. The Morgan fingerprint density at radius 3 is 2.71 bits per heavy atom. The molecule has 14 heavy (non-hydrogen) atoms. The molecule has 5 nitrogen and oxygen atoms in total. The molecule has 1 aromatic heterocycles. The van der Waals surface area contributed by atoms with E-state index in [1.807, 2.05) is 6.92 Å². The third-order valence-corrected chi connectivity index (χ3v) is 1.91. The lowest BCUT2D eigenvalue weighted by molar-refractivity contribution is -0.118. The number of rotatable bonds is 4. The largest absolute Gasteiger partial charge is 0.370 e. The van der Waals surface area contributed by atoms with Crippen molar-refractivity contribution >= 4 is 27.8 Å². The molecule has 3 N–H and O–H groups in total. The summed E-state index contributed by atoms with van der Waals surface area (Å²) in [6.45, 7) is 1.84. The number of primary amides is 1. The summed E-state index contributed by atoms with van der Waals surface area (Å²) in [4.78, 5) is 18.6. The summed E-state index contributed by atoms with van der Waals surface area (Å²) in [6.07, 6.45) is 3.53. The van der Waals surface area contributed by atoms with Crippen LogP contribution in [0.2, 0.25) is 0 Å². The van der Waals surface area contributed by atoms with Gasteiger partial charge in [0.2, 0.25) is 11.9 Å². The van der Waals surface area contributed by atoms with Crippen LogP contribution in [0, 0.1) is 0 Å². The van der Waals surface area contributed by atoms with E-state index in [4.69, 9.17) is 5.73 Å². The van der Waals surface area contributed by atoms with Crippen LogP contribution in [0.1, 0.15) is 13.3 Å². The van der Waals surface area contributed by atoms with Gasteiger partial charge in [-0.05, 0) is 22.9 Å². The SMILES string of the molecule is CC(CC(N)=O)Nc1ncc(Br)cn1. The van der Waals surface area contributed by atoms with E-state index in [1.165, 1.54) is 0 Å². The van der Waals surface area contributed by atoms with Gasteiger partial charge in [0.1, 0.15) is 0 Å². The van der Waals surface area contributed by atoms with Gasteiger partial charge >= 0.3 is 0 Å². The van der Waals surface area contributed by atoms with Gasteiger partial charge < -0.3 is 11.1 Å². The lowest BCUT2D eigenvalue weighted by Gasteiger charge is -2.10. The summed E-state index contributed by atoms with van der Waals surface area (Å²) < 4.78 is 0.811. The Balaban J connectivity index is 2.51. The molecule has 76 valence electrons. The second kappa shape index (κ2) is 4.90. The fourth-order valence-electron chi connectivity index (χ4n) is 0.960. The van der Waals surface area contributed by atoms with E-state index in [0.29, 0.717) is 5.95 Å². The zero-order valence-corrected chi connectivity index (χ0v) is 9.28. The van der Waals surface area contributed by atoms with Crippen molar-refractivity contribution in [3.05, 3.63) is 16.9 Å². The zero-order valence-electron chi connectivity index (χ0n) is 7.70. The molecule has 0 aliphatic rings. The van der Waals surface area contributed by atoms with Crippen molar-refractivity contribution in [1.82, 2.24) is 9.97 Å². The second-order valence-corrected chi connectivity index (χ2v) is 3.86. The number of hydrogen-bond acceptors (Lipinski definition) is 4. The third-order valence-electron chi connectivity index (χ3n) is 1.50. The smallest absolute Gasteiger partial charge is 0.222 e.